The average Bonchev–Trinajstić information content (AvgIpc) is 2.90. The Kier molecular flexibility index (Phi) is 3.42. The molecule has 0 saturated carbocycles. The average molecular weight is 298 g/mol. The van der Waals surface area contributed by atoms with E-state index in [0.717, 1.165) is 23.2 Å². The second-order valence-corrected chi connectivity index (χ2v) is 4.80. The highest BCUT2D eigenvalue weighted by atomic mass is 16.5. The van der Waals surface area contributed by atoms with Crippen LogP contribution in [0.15, 0.2) is 52.0 Å². The number of nitrogens with one attached hydrogen (secondary N) is 1. The van der Waals surface area contributed by atoms with E-state index in [9.17, 15) is 9.59 Å². The van der Waals surface area contributed by atoms with Gasteiger partial charge in [0.25, 0.3) is 5.91 Å². The van der Waals surface area contributed by atoms with E-state index < -0.39 is 11.3 Å². The Bertz CT molecular complexity index is 908. The van der Waals surface area contributed by atoms with Gasteiger partial charge in [-0.3, -0.25) is 9.59 Å². The van der Waals surface area contributed by atoms with Crippen LogP contribution in [0.5, 0.6) is 5.75 Å². The lowest BCUT2D eigenvalue weighted by Gasteiger charge is -2.07. The largest absolute Gasteiger partial charge is 0.490 e. The van der Waals surface area contributed by atoms with Gasteiger partial charge in [0.1, 0.15) is 6.26 Å². The molecule has 2 aromatic heterocycles. The van der Waals surface area contributed by atoms with E-state index in [1.165, 1.54) is 7.11 Å². The molecule has 0 fully saturated rings. The number of anilines is 1. The number of carbonyl (C=O) groups is 1. The van der Waals surface area contributed by atoms with Crippen LogP contribution in [0.4, 0.5) is 5.69 Å². The summed E-state index contributed by atoms with van der Waals surface area (Å²) in [5, 5.41) is 3.66. The predicted molar refractivity (Wildman–Crippen MR) is 82.4 cm³/mol. The zero-order chi connectivity index (χ0) is 15.7. The summed E-state index contributed by atoms with van der Waals surface area (Å²) >= 11 is 0. The number of ether oxygens (including phenoxy) is 1. The molecule has 6 nitrogen and oxygen atoms in total. The summed E-state index contributed by atoms with van der Waals surface area (Å²) in [5.74, 6) is -0.503. The van der Waals surface area contributed by atoms with Gasteiger partial charge >= 0.3 is 0 Å². The van der Waals surface area contributed by atoms with Gasteiger partial charge in [-0.25, -0.2) is 0 Å². The Balaban J connectivity index is 1.93. The van der Waals surface area contributed by atoms with Crippen LogP contribution < -0.4 is 15.5 Å². The molecule has 0 aliphatic heterocycles. The predicted octanol–water partition coefficient (Wildman–Crippen LogP) is 2.39. The minimum Gasteiger partial charge on any atom is -0.490 e. The van der Waals surface area contributed by atoms with Crippen molar-refractivity contribution in [1.82, 2.24) is 4.57 Å². The number of hydrogen-bond donors (Lipinski definition) is 1. The van der Waals surface area contributed by atoms with Gasteiger partial charge in [-0.2, -0.15) is 0 Å². The molecule has 112 valence electrons. The molecule has 0 unspecified atom stereocenters. The Labute approximate surface area is 125 Å². The molecule has 1 N–H and O–H groups in total. The number of aromatic nitrogens is 1. The molecule has 0 aliphatic carbocycles. The normalized spacial score (nSPS) is 10.6. The summed E-state index contributed by atoms with van der Waals surface area (Å²) < 4.78 is 11.9. The van der Waals surface area contributed by atoms with Crippen molar-refractivity contribution >= 4 is 22.5 Å². The van der Waals surface area contributed by atoms with E-state index >= 15 is 0 Å². The van der Waals surface area contributed by atoms with Gasteiger partial charge < -0.3 is 19.0 Å². The number of benzene rings is 1. The number of carbonyl (C=O) groups excluding carboxylic acids is 1. The quantitative estimate of drug-likeness (QED) is 0.805. The van der Waals surface area contributed by atoms with Crippen LogP contribution >= 0.6 is 0 Å². The summed E-state index contributed by atoms with van der Waals surface area (Å²) in [5.41, 5.74) is 1.24. The lowest BCUT2D eigenvalue weighted by Crippen LogP contribution is -2.15. The fraction of sp³-hybridized carbons (Fsp3) is 0.125. The van der Waals surface area contributed by atoms with Gasteiger partial charge in [-0.15, -0.1) is 0 Å². The molecular formula is C16H14N2O4. The van der Waals surface area contributed by atoms with Crippen molar-refractivity contribution in [2.24, 2.45) is 7.05 Å². The topological polar surface area (TPSA) is 73.5 Å². The maximum absolute atomic E-state index is 12.2. The lowest BCUT2D eigenvalue weighted by atomic mass is 10.2. The molecule has 1 aromatic carbocycles. The first-order valence-corrected chi connectivity index (χ1v) is 6.62. The Morgan fingerprint density at radius 3 is 2.86 bits per heavy atom. The second kappa shape index (κ2) is 5.40. The minimum absolute atomic E-state index is 0.0571. The second-order valence-electron chi connectivity index (χ2n) is 4.80. The number of fused-ring (bicyclic) bond motifs is 1. The number of aryl methyl sites for hydroxylation is 1. The van der Waals surface area contributed by atoms with Crippen LogP contribution in [0, 0.1) is 0 Å². The molecule has 0 spiro atoms. The van der Waals surface area contributed by atoms with Crippen LogP contribution in [-0.4, -0.2) is 17.6 Å². The SMILES string of the molecule is COc1coc(C(=O)Nc2cccc3c2ccn3C)cc1=O. The van der Waals surface area contributed by atoms with Crippen LogP contribution in [0.3, 0.4) is 0 Å². The van der Waals surface area contributed by atoms with Gasteiger partial charge in [-0.1, -0.05) is 6.07 Å². The van der Waals surface area contributed by atoms with Crippen LogP contribution in [0.2, 0.25) is 0 Å². The summed E-state index contributed by atoms with van der Waals surface area (Å²) in [7, 11) is 3.29. The summed E-state index contributed by atoms with van der Waals surface area (Å²) in [6.07, 6.45) is 3.04. The zero-order valence-electron chi connectivity index (χ0n) is 12.1. The van der Waals surface area contributed by atoms with Gasteiger partial charge in [0.05, 0.1) is 12.8 Å². The summed E-state index contributed by atoms with van der Waals surface area (Å²) in [4.78, 5) is 23.9. The van der Waals surface area contributed by atoms with E-state index in [1.54, 1.807) is 6.07 Å². The fourth-order valence-electron chi connectivity index (χ4n) is 2.26. The van der Waals surface area contributed by atoms with E-state index in [2.05, 4.69) is 5.32 Å². The number of amides is 1. The molecule has 0 atom stereocenters. The third-order valence-electron chi connectivity index (χ3n) is 3.42. The first-order chi connectivity index (χ1) is 10.6. The van der Waals surface area contributed by atoms with Crippen molar-refractivity contribution in [3.8, 4) is 5.75 Å². The Hall–Kier alpha value is -3.02. The maximum atomic E-state index is 12.2. The van der Waals surface area contributed by atoms with Crippen LogP contribution in [-0.2, 0) is 7.05 Å². The molecule has 1 amide bonds. The summed E-state index contributed by atoms with van der Waals surface area (Å²) in [6, 6.07) is 8.62. The van der Waals surface area contributed by atoms with Crippen molar-refractivity contribution in [3.63, 3.8) is 0 Å². The first-order valence-electron chi connectivity index (χ1n) is 6.62. The number of nitrogens with zero attached hydrogens (tertiary/aromatic N) is 1. The monoisotopic (exact) mass is 298 g/mol. The third-order valence-corrected chi connectivity index (χ3v) is 3.42. The molecule has 0 radical (unpaired) electrons. The van der Waals surface area contributed by atoms with E-state index in [0.29, 0.717) is 5.69 Å². The van der Waals surface area contributed by atoms with Crippen molar-refractivity contribution in [3.05, 3.63) is 58.8 Å². The molecule has 6 heteroatoms. The fourth-order valence-corrected chi connectivity index (χ4v) is 2.26. The lowest BCUT2D eigenvalue weighted by molar-refractivity contribution is 0.0994. The highest BCUT2D eigenvalue weighted by molar-refractivity contribution is 6.07. The molecule has 22 heavy (non-hydrogen) atoms. The molecule has 3 rings (SSSR count). The van der Waals surface area contributed by atoms with Gasteiger partial charge in [-0.05, 0) is 18.2 Å². The van der Waals surface area contributed by atoms with E-state index in [1.807, 2.05) is 36.0 Å². The molecular weight excluding hydrogens is 284 g/mol. The molecule has 0 aliphatic rings. The van der Waals surface area contributed by atoms with Crippen LogP contribution in [0.1, 0.15) is 10.6 Å². The molecule has 3 aromatic rings. The van der Waals surface area contributed by atoms with Gasteiger partial charge in [0.2, 0.25) is 11.2 Å². The highest BCUT2D eigenvalue weighted by Gasteiger charge is 2.13. The van der Waals surface area contributed by atoms with E-state index in [4.69, 9.17) is 9.15 Å². The zero-order valence-corrected chi connectivity index (χ0v) is 12.1. The third kappa shape index (κ3) is 2.35. The Morgan fingerprint density at radius 2 is 2.14 bits per heavy atom. The molecule has 0 saturated heterocycles. The minimum atomic E-state index is -0.490. The summed E-state index contributed by atoms with van der Waals surface area (Å²) in [6.45, 7) is 0. The standard InChI is InChI=1S/C16H14N2O4/c1-18-7-6-10-11(4-3-5-12(10)18)17-16(20)14-8-13(19)15(21-2)9-22-14/h3-9H,1-2H3,(H,17,20). The number of rotatable bonds is 3. The maximum Gasteiger partial charge on any atom is 0.291 e. The smallest absolute Gasteiger partial charge is 0.291 e. The number of hydrogen-bond acceptors (Lipinski definition) is 4. The van der Waals surface area contributed by atoms with Gasteiger partial charge in [0.15, 0.2) is 5.76 Å². The molecule has 0 bridgehead atoms. The van der Waals surface area contributed by atoms with E-state index in [-0.39, 0.29) is 11.5 Å². The van der Waals surface area contributed by atoms with Crippen molar-refractivity contribution in [2.75, 3.05) is 12.4 Å². The first kappa shape index (κ1) is 13.9. The highest BCUT2D eigenvalue weighted by Crippen LogP contribution is 2.24. The van der Waals surface area contributed by atoms with Crippen molar-refractivity contribution in [2.45, 2.75) is 0 Å². The van der Waals surface area contributed by atoms with Crippen molar-refractivity contribution in [1.29, 1.82) is 0 Å². The van der Waals surface area contributed by atoms with Crippen LogP contribution in [0.25, 0.3) is 10.9 Å². The number of methoxy groups -OCH3 is 1. The molecule has 2 heterocycles. The van der Waals surface area contributed by atoms with Gasteiger partial charge in [0, 0.05) is 30.2 Å². The Morgan fingerprint density at radius 1 is 1.32 bits per heavy atom. The van der Waals surface area contributed by atoms with Crippen molar-refractivity contribution < 1.29 is 13.9 Å².